The van der Waals surface area contributed by atoms with Crippen LogP contribution in [-0.2, 0) is 4.74 Å². The van der Waals surface area contributed by atoms with Gasteiger partial charge in [0.15, 0.2) is 0 Å². The van der Waals surface area contributed by atoms with Gasteiger partial charge in [0.05, 0.1) is 12.1 Å². The van der Waals surface area contributed by atoms with Crippen molar-refractivity contribution in [3.8, 4) is 5.75 Å². The fourth-order valence-electron chi connectivity index (χ4n) is 1.77. The summed E-state index contributed by atoms with van der Waals surface area (Å²) < 4.78 is 10.8. The van der Waals surface area contributed by atoms with Crippen LogP contribution in [0.2, 0.25) is 0 Å². The van der Waals surface area contributed by atoms with Gasteiger partial charge in [-0.1, -0.05) is 6.07 Å². The highest BCUT2D eigenvalue weighted by atomic mass is 16.5. The predicted octanol–water partition coefficient (Wildman–Crippen LogP) is 2.96. The largest absolute Gasteiger partial charge is 0.488 e. The van der Waals surface area contributed by atoms with Crippen molar-refractivity contribution < 1.29 is 9.47 Å². The first-order valence-corrected chi connectivity index (χ1v) is 5.72. The Balaban J connectivity index is 2.24. The molecule has 0 saturated heterocycles. The van der Waals surface area contributed by atoms with Crippen LogP contribution in [0.3, 0.4) is 0 Å². The van der Waals surface area contributed by atoms with E-state index in [-0.39, 0.29) is 6.10 Å². The monoisotopic (exact) mass is 231 g/mol. The number of ether oxygens (including phenoxy) is 2. The van der Waals surface area contributed by atoms with Crippen molar-refractivity contribution in [3.05, 3.63) is 36.0 Å². The first-order chi connectivity index (χ1) is 8.19. The zero-order valence-corrected chi connectivity index (χ0v) is 10.4. The van der Waals surface area contributed by atoms with Crippen molar-refractivity contribution in [2.45, 2.75) is 20.0 Å². The Morgan fingerprint density at radius 1 is 1.24 bits per heavy atom. The Hall–Kier alpha value is -1.61. The maximum absolute atomic E-state index is 5.74. The van der Waals surface area contributed by atoms with Gasteiger partial charge in [-0.15, -0.1) is 0 Å². The molecule has 0 amide bonds. The number of aryl methyl sites for hydroxylation is 1. The molecule has 0 aliphatic rings. The lowest BCUT2D eigenvalue weighted by molar-refractivity contribution is 0.0922. The molecule has 0 unspecified atom stereocenters. The van der Waals surface area contributed by atoms with Crippen molar-refractivity contribution in [1.82, 2.24) is 4.98 Å². The average molecular weight is 231 g/mol. The lowest BCUT2D eigenvalue weighted by atomic mass is 10.2. The number of aromatic nitrogens is 1. The van der Waals surface area contributed by atoms with Gasteiger partial charge in [-0.25, -0.2) is 0 Å². The number of rotatable bonds is 4. The third-order valence-corrected chi connectivity index (χ3v) is 2.54. The molecule has 0 N–H and O–H groups in total. The zero-order chi connectivity index (χ0) is 12.3. The second-order valence-electron chi connectivity index (χ2n) is 4.19. The quantitative estimate of drug-likeness (QED) is 0.810. The number of benzene rings is 1. The molecule has 0 bridgehead atoms. The van der Waals surface area contributed by atoms with E-state index < -0.39 is 0 Å². The number of nitrogens with zero attached hydrogens (tertiary/aromatic N) is 1. The summed E-state index contributed by atoms with van der Waals surface area (Å²) in [5.41, 5.74) is 1.98. The Morgan fingerprint density at radius 3 is 2.76 bits per heavy atom. The summed E-state index contributed by atoms with van der Waals surface area (Å²) in [6.07, 6.45) is 0.0438. The van der Waals surface area contributed by atoms with Crippen LogP contribution in [-0.4, -0.2) is 24.8 Å². The lowest BCUT2D eigenvalue weighted by Gasteiger charge is -2.13. The molecule has 0 radical (unpaired) electrons. The van der Waals surface area contributed by atoms with Crippen LogP contribution >= 0.6 is 0 Å². The molecule has 17 heavy (non-hydrogen) atoms. The fraction of sp³-hybridized carbons (Fsp3) is 0.357. The minimum Gasteiger partial charge on any atom is -0.488 e. The molecule has 3 nitrogen and oxygen atoms in total. The summed E-state index contributed by atoms with van der Waals surface area (Å²) >= 11 is 0. The molecule has 2 rings (SSSR count). The fourth-order valence-corrected chi connectivity index (χ4v) is 1.77. The van der Waals surface area contributed by atoms with Crippen molar-refractivity contribution >= 4 is 10.9 Å². The maximum Gasteiger partial charge on any atom is 0.122 e. The van der Waals surface area contributed by atoms with Gasteiger partial charge < -0.3 is 9.47 Å². The molecule has 0 fully saturated rings. The van der Waals surface area contributed by atoms with Gasteiger partial charge in [-0.2, -0.15) is 0 Å². The lowest BCUT2D eigenvalue weighted by Crippen LogP contribution is -2.17. The number of fused-ring (bicyclic) bond motifs is 1. The molecule has 2 aromatic rings. The molecule has 1 atom stereocenters. The van der Waals surface area contributed by atoms with Crippen LogP contribution in [0.4, 0.5) is 0 Å². The van der Waals surface area contributed by atoms with Gasteiger partial charge in [-0.05, 0) is 32.0 Å². The summed E-state index contributed by atoms with van der Waals surface area (Å²) in [5, 5.41) is 1.13. The molecule has 0 aliphatic heterocycles. The van der Waals surface area contributed by atoms with Crippen molar-refractivity contribution in [1.29, 1.82) is 0 Å². The second-order valence-corrected chi connectivity index (χ2v) is 4.19. The normalized spacial score (nSPS) is 12.6. The summed E-state index contributed by atoms with van der Waals surface area (Å²) in [5.74, 6) is 0.833. The van der Waals surface area contributed by atoms with E-state index in [0.717, 1.165) is 22.3 Å². The zero-order valence-electron chi connectivity index (χ0n) is 10.4. The topological polar surface area (TPSA) is 31.4 Å². The van der Waals surface area contributed by atoms with E-state index in [0.29, 0.717) is 6.61 Å². The van der Waals surface area contributed by atoms with Gasteiger partial charge >= 0.3 is 0 Å². The van der Waals surface area contributed by atoms with E-state index in [9.17, 15) is 0 Å². The third kappa shape index (κ3) is 2.94. The van der Waals surface area contributed by atoms with E-state index in [1.165, 1.54) is 0 Å². The SMILES string of the molecule is COC[C@@H](C)Oc1ccc2ccc(C)nc2c1. The molecule has 0 aliphatic carbocycles. The molecule has 90 valence electrons. The van der Waals surface area contributed by atoms with Crippen LogP contribution in [0.15, 0.2) is 30.3 Å². The number of hydrogen-bond donors (Lipinski definition) is 0. The van der Waals surface area contributed by atoms with E-state index in [4.69, 9.17) is 9.47 Å². The molecule has 0 saturated carbocycles. The summed E-state index contributed by atoms with van der Waals surface area (Å²) in [4.78, 5) is 4.48. The highest BCUT2D eigenvalue weighted by Crippen LogP contribution is 2.20. The first-order valence-electron chi connectivity index (χ1n) is 5.72. The Bertz CT molecular complexity index is 511. The van der Waals surface area contributed by atoms with Crippen molar-refractivity contribution in [2.24, 2.45) is 0 Å². The smallest absolute Gasteiger partial charge is 0.122 e. The highest BCUT2D eigenvalue weighted by Gasteiger charge is 2.04. The highest BCUT2D eigenvalue weighted by molar-refractivity contribution is 5.80. The van der Waals surface area contributed by atoms with Crippen LogP contribution in [0, 0.1) is 6.92 Å². The predicted molar refractivity (Wildman–Crippen MR) is 68.4 cm³/mol. The third-order valence-electron chi connectivity index (χ3n) is 2.54. The Kier molecular flexibility index (Phi) is 3.59. The Labute approximate surface area is 101 Å². The Morgan fingerprint density at radius 2 is 2.00 bits per heavy atom. The number of methoxy groups -OCH3 is 1. The molecule has 3 heteroatoms. The van der Waals surface area contributed by atoms with Crippen LogP contribution < -0.4 is 4.74 Å². The van der Waals surface area contributed by atoms with Gasteiger partial charge in [-0.3, -0.25) is 4.98 Å². The van der Waals surface area contributed by atoms with Crippen LogP contribution in [0.1, 0.15) is 12.6 Å². The van der Waals surface area contributed by atoms with Gasteiger partial charge in [0, 0.05) is 24.3 Å². The summed E-state index contributed by atoms with van der Waals surface area (Å²) in [6, 6.07) is 10.0. The average Bonchev–Trinajstić information content (AvgIpc) is 2.28. The minimum atomic E-state index is 0.0438. The van der Waals surface area contributed by atoms with E-state index >= 15 is 0 Å². The van der Waals surface area contributed by atoms with Crippen molar-refractivity contribution in [2.75, 3.05) is 13.7 Å². The minimum absolute atomic E-state index is 0.0438. The van der Waals surface area contributed by atoms with Gasteiger partial charge in [0.1, 0.15) is 11.9 Å². The number of hydrogen-bond acceptors (Lipinski definition) is 3. The summed E-state index contributed by atoms with van der Waals surface area (Å²) in [6.45, 7) is 4.55. The molecular formula is C14H17NO2. The molecule has 0 spiro atoms. The number of pyridine rings is 1. The molecule has 1 aromatic carbocycles. The standard InChI is InChI=1S/C14H17NO2/c1-10-4-5-12-6-7-13(8-14(12)15-10)17-11(2)9-16-3/h4-8,11H,9H2,1-3H3/t11-/m1/s1. The summed E-state index contributed by atoms with van der Waals surface area (Å²) in [7, 11) is 1.67. The van der Waals surface area contributed by atoms with E-state index in [1.54, 1.807) is 7.11 Å². The van der Waals surface area contributed by atoms with Crippen molar-refractivity contribution in [3.63, 3.8) is 0 Å². The molecular weight excluding hydrogens is 214 g/mol. The molecule has 1 heterocycles. The van der Waals surface area contributed by atoms with Gasteiger partial charge in [0.2, 0.25) is 0 Å². The van der Waals surface area contributed by atoms with Crippen LogP contribution in [0.5, 0.6) is 5.75 Å². The first kappa shape index (κ1) is 11.9. The maximum atomic E-state index is 5.74. The van der Waals surface area contributed by atoms with Crippen LogP contribution in [0.25, 0.3) is 10.9 Å². The molecule has 1 aromatic heterocycles. The van der Waals surface area contributed by atoms with Gasteiger partial charge in [0.25, 0.3) is 0 Å². The second kappa shape index (κ2) is 5.15. The van der Waals surface area contributed by atoms with E-state index in [1.807, 2.05) is 38.1 Å². The van der Waals surface area contributed by atoms with E-state index in [2.05, 4.69) is 11.1 Å².